The molecule has 1 aliphatic carbocycles. The highest BCUT2D eigenvalue weighted by atomic mass is 35.5. The summed E-state index contributed by atoms with van der Waals surface area (Å²) in [7, 11) is 0. The van der Waals surface area contributed by atoms with Gasteiger partial charge in [-0.25, -0.2) is 9.37 Å². The molecule has 2 aliphatic rings. The molecule has 0 spiro atoms. The van der Waals surface area contributed by atoms with Gasteiger partial charge in [-0.2, -0.15) is 0 Å². The van der Waals surface area contributed by atoms with Crippen molar-refractivity contribution in [3.63, 3.8) is 0 Å². The van der Waals surface area contributed by atoms with E-state index in [9.17, 15) is 9.18 Å². The van der Waals surface area contributed by atoms with Crippen molar-refractivity contribution in [3.05, 3.63) is 94.5 Å². The van der Waals surface area contributed by atoms with Crippen LogP contribution in [0.2, 0.25) is 5.02 Å². The van der Waals surface area contributed by atoms with Crippen LogP contribution >= 0.6 is 23.5 Å². The lowest BCUT2D eigenvalue weighted by Gasteiger charge is -2.43. The maximum atomic E-state index is 14.0. The van der Waals surface area contributed by atoms with Crippen LogP contribution in [0.15, 0.2) is 76.6 Å². The van der Waals surface area contributed by atoms with Gasteiger partial charge >= 0.3 is 0 Å². The largest absolute Gasteiger partial charge is 0.367 e. The van der Waals surface area contributed by atoms with Crippen LogP contribution in [-0.2, 0) is 10.3 Å². The smallest absolute Gasteiger partial charge is 0.255 e. The predicted molar refractivity (Wildman–Crippen MR) is 181 cm³/mol. The molecule has 1 amide bonds. The van der Waals surface area contributed by atoms with E-state index in [-0.39, 0.29) is 21.4 Å². The van der Waals surface area contributed by atoms with Gasteiger partial charge in [-0.3, -0.25) is 14.9 Å². The molecule has 6 rings (SSSR count). The number of fused-ring (bicyclic) bond motifs is 1. The van der Waals surface area contributed by atoms with E-state index >= 15 is 0 Å². The van der Waals surface area contributed by atoms with E-state index in [1.807, 2.05) is 67.7 Å². The average molecular weight is 650 g/mol. The minimum absolute atomic E-state index is 0.0774. The summed E-state index contributed by atoms with van der Waals surface area (Å²) in [6.07, 6.45) is 10.4. The maximum Gasteiger partial charge on any atom is 0.255 e. The number of aromatic amines is 1. The Morgan fingerprint density at radius 1 is 1.22 bits per heavy atom. The molecule has 1 unspecified atom stereocenters. The lowest BCUT2D eigenvalue weighted by molar-refractivity contribution is -0.108. The van der Waals surface area contributed by atoms with Crippen molar-refractivity contribution in [3.8, 4) is 0 Å². The first-order valence-corrected chi connectivity index (χ1v) is 16.9. The fourth-order valence-electron chi connectivity index (χ4n) is 5.91. The number of nitrogens with zero attached hydrogens (tertiary/aromatic N) is 3. The SMILES string of the molecule is Cc1nc2ccccc2[nH]1.NSc1cc(C(=O)N2CCOC(CCN=CCCCC3CCC3)(c3ccccc3)C2)c(Cl)cc1F. The van der Waals surface area contributed by atoms with Gasteiger partial charge in [0.15, 0.2) is 0 Å². The number of rotatable bonds is 10. The van der Waals surface area contributed by atoms with E-state index in [1.165, 1.54) is 38.2 Å². The molecule has 1 aliphatic heterocycles. The summed E-state index contributed by atoms with van der Waals surface area (Å²) in [5, 5.41) is 5.64. The molecule has 3 aromatic carbocycles. The van der Waals surface area contributed by atoms with E-state index in [4.69, 9.17) is 21.5 Å². The Bertz CT molecular complexity index is 1560. The van der Waals surface area contributed by atoms with Crippen molar-refractivity contribution in [1.82, 2.24) is 14.9 Å². The van der Waals surface area contributed by atoms with Gasteiger partial charge in [0.05, 0.1) is 39.7 Å². The molecule has 10 heteroatoms. The van der Waals surface area contributed by atoms with Gasteiger partial charge < -0.3 is 14.6 Å². The molecule has 2 heterocycles. The number of morpholine rings is 1. The number of H-pyrrole nitrogens is 1. The third kappa shape index (κ3) is 8.52. The molecule has 4 aromatic rings. The number of carbonyl (C=O) groups excluding carboxylic acids is 1. The zero-order valence-electron chi connectivity index (χ0n) is 25.7. The lowest BCUT2D eigenvalue weighted by atomic mass is 9.82. The second-order valence-electron chi connectivity index (χ2n) is 11.7. The predicted octanol–water partition coefficient (Wildman–Crippen LogP) is 8.12. The Balaban J connectivity index is 0.000000336. The van der Waals surface area contributed by atoms with Crippen LogP contribution in [0.25, 0.3) is 11.0 Å². The summed E-state index contributed by atoms with van der Waals surface area (Å²) in [5.41, 5.74) is 2.74. The Morgan fingerprint density at radius 2 is 2.00 bits per heavy atom. The van der Waals surface area contributed by atoms with Gasteiger partial charge in [0, 0.05) is 19.5 Å². The quantitative estimate of drug-likeness (QED) is 0.103. The molecule has 3 N–H and O–H groups in total. The van der Waals surface area contributed by atoms with Crippen LogP contribution in [0.5, 0.6) is 0 Å². The summed E-state index contributed by atoms with van der Waals surface area (Å²) in [5.74, 6) is 1.11. The number of halogens is 2. The first-order chi connectivity index (χ1) is 21.9. The summed E-state index contributed by atoms with van der Waals surface area (Å²) >= 11 is 7.01. The maximum absolute atomic E-state index is 14.0. The number of para-hydroxylation sites is 2. The highest BCUT2D eigenvalue weighted by Gasteiger charge is 2.40. The molecule has 1 saturated carbocycles. The number of carbonyl (C=O) groups is 1. The van der Waals surface area contributed by atoms with Gasteiger partial charge in [0.25, 0.3) is 5.91 Å². The van der Waals surface area contributed by atoms with Gasteiger partial charge in [-0.05, 0) is 73.7 Å². The number of aromatic nitrogens is 2. The van der Waals surface area contributed by atoms with Gasteiger partial charge in [-0.15, -0.1) is 0 Å². The number of hydrogen-bond acceptors (Lipinski definition) is 6. The molecule has 2 fully saturated rings. The Hall–Kier alpha value is -3.24. The standard InChI is InChI=1S/C27H33ClFN3O2S.C8H8N2/c28-23-18-24(29)25(35-30)17-22(23)26(33)32-15-16-34-27(19-32,21-10-2-1-3-11-21)12-14-31-13-5-4-7-20-8-6-9-20;1-6-9-7-4-2-3-5-8(7)10-6/h1-3,10-11,13,17-18,20H,4-9,12,14-16,19,30H2;2-5H,1H3,(H,9,10). The number of aryl methyl sites for hydroxylation is 1. The third-order valence-corrected chi connectivity index (χ3v) is 9.48. The van der Waals surface area contributed by atoms with E-state index in [2.05, 4.69) is 15.0 Å². The van der Waals surface area contributed by atoms with Crippen molar-refractivity contribution in [2.75, 3.05) is 26.2 Å². The summed E-state index contributed by atoms with van der Waals surface area (Å²) < 4.78 is 20.4. The van der Waals surface area contributed by atoms with Crippen LogP contribution < -0.4 is 5.14 Å². The van der Waals surface area contributed by atoms with Gasteiger partial charge in [-0.1, -0.05) is 79.7 Å². The number of aliphatic imine (C=N–C) groups is 1. The van der Waals surface area contributed by atoms with Crippen LogP contribution in [0.4, 0.5) is 4.39 Å². The molecule has 238 valence electrons. The van der Waals surface area contributed by atoms with Crippen LogP contribution in [0, 0.1) is 18.7 Å². The van der Waals surface area contributed by atoms with Crippen molar-refractivity contribution in [2.45, 2.75) is 62.4 Å². The van der Waals surface area contributed by atoms with Gasteiger partial charge in [0.1, 0.15) is 17.2 Å². The zero-order chi connectivity index (χ0) is 31.6. The summed E-state index contributed by atoms with van der Waals surface area (Å²) in [6.45, 7) is 3.76. The monoisotopic (exact) mass is 649 g/mol. The van der Waals surface area contributed by atoms with Crippen molar-refractivity contribution in [2.24, 2.45) is 16.0 Å². The fraction of sp³-hybridized carbons (Fsp3) is 0.400. The van der Waals surface area contributed by atoms with Crippen molar-refractivity contribution in [1.29, 1.82) is 0 Å². The minimum Gasteiger partial charge on any atom is -0.367 e. The molecule has 1 aromatic heterocycles. The number of amides is 1. The zero-order valence-corrected chi connectivity index (χ0v) is 27.3. The Kier molecular flexibility index (Phi) is 11.7. The molecular formula is C35H41ClFN5O2S. The van der Waals surface area contributed by atoms with E-state index in [0.29, 0.717) is 32.7 Å². The van der Waals surface area contributed by atoms with Crippen LogP contribution in [0.3, 0.4) is 0 Å². The number of unbranched alkanes of at least 4 members (excludes halogenated alkanes) is 1. The molecule has 0 radical (unpaired) electrons. The first-order valence-electron chi connectivity index (χ1n) is 15.6. The molecule has 7 nitrogen and oxygen atoms in total. The third-order valence-electron chi connectivity index (χ3n) is 8.60. The van der Waals surface area contributed by atoms with E-state index in [0.717, 1.165) is 52.8 Å². The van der Waals surface area contributed by atoms with E-state index in [1.54, 1.807) is 4.90 Å². The van der Waals surface area contributed by atoms with Crippen LogP contribution in [0.1, 0.15) is 66.7 Å². The first kappa shape index (κ1) is 33.1. The summed E-state index contributed by atoms with van der Waals surface area (Å²) in [6, 6.07) is 20.6. The average Bonchev–Trinajstić information content (AvgIpc) is 3.42. The Labute approximate surface area is 273 Å². The van der Waals surface area contributed by atoms with Crippen LogP contribution in [-0.4, -0.2) is 53.2 Å². The number of benzene rings is 3. The normalized spacial score (nSPS) is 18.5. The van der Waals surface area contributed by atoms with E-state index < -0.39 is 11.4 Å². The number of nitrogens with two attached hydrogens (primary N) is 1. The topological polar surface area (TPSA) is 96.6 Å². The lowest BCUT2D eigenvalue weighted by Crippen LogP contribution is -2.52. The summed E-state index contributed by atoms with van der Waals surface area (Å²) in [4.78, 5) is 27.4. The van der Waals surface area contributed by atoms with Gasteiger partial charge in [0.2, 0.25) is 0 Å². The molecular weight excluding hydrogens is 609 g/mol. The molecule has 1 atom stereocenters. The van der Waals surface area contributed by atoms with Crippen molar-refractivity contribution < 1.29 is 13.9 Å². The number of nitrogens with one attached hydrogen (secondary N) is 1. The number of ether oxygens (including phenoxy) is 1. The molecule has 45 heavy (non-hydrogen) atoms. The second kappa shape index (κ2) is 15.9. The second-order valence-corrected chi connectivity index (χ2v) is 12.8. The molecule has 1 saturated heterocycles. The highest BCUT2D eigenvalue weighted by Crippen LogP contribution is 2.35. The minimum atomic E-state index is -0.670. The molecule has 0 bridgehead atoms. The fourth-order valence-corrected chi connectivity index (χ4v) is 6.50. The highest BCUT2D eigenvalue weighted by molar-refractivity contribution is 7.97. The Morgan fingerprint density at radius 3 is 2.73 bits per heavy atom. The van der Waals surface area contributed by atoms with Crippen molar-refractivity contribution >= 4 is 46.7 Å². The number of imidazole rings is 1. The number of hydrogen-bond donors (Lipinski definition) is 2.